The molecule has 0 aromatic carbocycles. The highest BCUT2D eigenvalue weighted by Crippen LogP contribution is 1.84. The summed E-state index contributed by atoms with van der Waals surface area (Å²) in [6.07, 6.45) is 0. The summed E-state index contributed by atoms with van der Waals surface area (Å²) in [6.45, 7) is 8.81. The van der Waals surface area contributed by atoms with Crippen molar-refractivity contribution in [3.05, 3.63) is 0 Å². The molecule has 0 heterocycles. The normalized spacial score (nSPS) is 8.75. The molecular formula is C11H27NO4. The molecule has 100 valence electrons. The molecule has 0 spiro atoms. The van der Waals surface area contributed by atoms with Gasteiger partial charge < -0.3 is 20.1 Å². The van der Waals surface area contributed by atoms with Crippen LogP contribution in [-0.4, -0.2) is 65.5 Å². The molecule has 5 nitrogen and oxygen atoms in total. The number of Topliss-reactive ketones (excluding diaryl/α,β-unsaturated/α-hetero) is 1. The molecule has 5 heteroatoms. The Morgan fingerprint density at radius 3 is 1.19 bits per heavy atom. The van der Waals surface area contributed by atoms with Gasteiger partial charge in [-0.3, -0.25) is 4.90 Å². The molecule has 0 bridgehead atoms. The van der Waals surface area contributed by atoms with Crippen LogP contribution in [-0.2, 0) is 4.79 Å². The minimum atomic E-state index is 0.0694. The highest BCUT2D eigenvalue weighted by molar-refractivity contribution is 5.72. The van der Waals surface area contributed by atoms with Gasteiger partial charge in [0, 0.05) is 19.6 Å². The molecular weight excluding hydrogens is 210 g/mol. The number of aliphatic hydroxyl groups is 3. The summed E-state index contributed by atoms with van der Waals surface area (Å²) in [5.74, 6) is 0.167. The van der Waals surface area contributed by atoms with Crippen LogP contribution < -0.4 is 0 Å². The first-order valence-electron chi connectivity index (χ1n) is 5.60. The zero-order chi connectivity index (χ0) is 13.4. The second kappa shape index (κ2) is 20.0. The minimum absolute atomic E-state index is 0.0694. The third-order valence-electron chi connectivity index (χ3n) is 1.25. The molecule has 0 saturated heterocycles. The van der Waals surface area contributed by atoms with Gasteiger partial charge in [0.05, 0.1) is 19.8 Å². The Morgan fingerprint density at radius 2 is 1.06 bits per heavy atom. The second-order valence-corrected chi connectivity index (χ2v) is 2.92. The molecule has 0 aliphatic heterocycles. The average molecular weight is 237 g/mol. The van der Waals surface area contributed by atoms with E-state index in [1.807, 2.05) is 13.8 Å². The Morgan fingerprint density at radius 1 is 0.875 bits per heavy atom. The second-order valence-electron chi connectivity index (χ2n) is 2.92. The molecule has 0 aliphatic rings. The van der Waals surface area contributed by atoms with Crippen molar-refractivity contribution < 1.29 is 20.1 Å². The van der Waals surface area contributed by atoms with Crippen LogP contribution in [0, 0.1) is 0 Å². The summed E-state index contributed by atoms with van der Waals surface area (Å²) in [5.41, 5.74) is 0. The van der Waals surface area contributed by atoms with Gasteiger partial charge in [0.2, 0.25) is 0 Å². The minimum Gasteiger partial charge on any atom is -0.395 e. The van der Waals surface area contributed by atoms with Gasteiger partial charge in [0.25, 0.3) is 0 Å². The Balaban J connectivity index is -0.000000237. The lowest BCUT2D eigenvalue weighted by Gasteiger charge is -2.17. The van der Waals surface area contributed by atoms with Crippen LogP contribution >= 0.6 is 0 Å². The van der Waals surface area contributed by atoms with Crippen molar-refractivity contribution in [3.8, 4) is 0 Å². The van der Waals surface area contributed by atoms with E-state index in [2.05, 4.69) is 0 Å². The zero-order valence-electron chi connectivity index (χ0n) is 10.9. The van der Waals surface area contributed by atoms with Crippen molar-refractivity contribution in [2.24, 2.45) is 0 Å². The number of hydrogen-bond acceptors (Lipinski definition) is 5. The third-order valence-corrected chi connectivity index (χ3v) is 1.25. The average Bonchev–Trinajstić information content (AvgIpc) is 2.21. The van der Waals surface area contributed by atoms with E-state index < -0.39 is 0 Å². The van der Waals surface area contributed by atoms with Crippen LogP contribution in [0.15, 0.2) is 0 Å². The summed E-state index contributed by atoms with van der Waals surface area (Å²) < 4.78 is 0. The van der Waals surface area contributed by atoms with Crippen LogP contribution in [0.25, 0.3) is 0 Å². The molecule has 0 aliphatic carbocycles. The first-order valence-corrected chi connectivity index (χ1v) is 5.60. The quantitative estimate of drug-likeness (QED) is 0.600. The van der Waals surface area contributed by atoms with Gasteiger partial charge in [0.15, 0.2) is 0 Å². The SMILES string of the molecule is CC.CC(C)=O.OCCN(CCO)CCO. The third kappa shape index (κ3) is 29.2. The van der Waals surface area contributed by atoms with E-state index in [0.717, 1.165) is 0 Å². The van der Waals surface area contributed by atoms with Crippen LogP contribution in [0.2, 0.25) is 0 Å². The molecule has 16 heavy (non-hydrogen) atoms. The summed E-state index contributed by atoms with van der Waals surface area (Å²) in [6, 6.07) is 0. The maximum absolute atomic E-state index is 9.44. The lowest BCUT2D eigenvalue weighted by molar-refractivity contribution is -0.114. The maximum Gasteiger partial charge on any atom is 0.126 e. The van der Waals surface area contributed by atoms with Crippen molar-refractivity contribution in [2.75, 3.05) is 39.5 Å². The van der Waals surface area contributed by atoms with E-state index in [9.17, 15) is 4.79 Å². The summed E-state index contributed by atoms with van der Waals surface area (Å²) in [7, 11) is 0. The number of hydrogen-bond donors (Lipinski definition) is 3. The van der Waals surface area contributed by atoms with Gasteiger partial charge in [-0.2, -0.15) is 0 Å². The molecule has 0 atom stereocenters. The van der Waals surface area contributed by atoms with Crippen molar-refractivity contribution >= 4 is 5.78 Å². The molecule has 3 N–H and O–H groups in total. The topological polar surface area (TPSA) is 81.0 Å². The number of rotatable bonds is 6. The standard InChI is InChI=1S/C6H15NO3.C3H6O.C2H6/c8-4-1-7(2-5-9)3-6-10;1-3(2)4;1-2/h8-10H,1-6H2;1-2H3;1-2H3. The van der Waals surface area contributed by atoms with Gasteiger partial charge in [-0.1, -0.05) is 13.8 Å². The lowest BCUT2D eigenvalue weighted by Crippen LogP contribution is -2.32. The highest BCUT2D eigenvalue weighted by atomic mass is 16.3. The molecule has 0 amide bonds. The predicted octanol–water partition coefficient (Wildman–Crippen LogP) is -0.113. The van der Waals surface area contributed by atoms with E-state index in [-0.39, 0.29) is 25.6 Å². The van der Waals surface area contributed by atoms with E-state index >= 15 is 0 Å². The zero-order valence-corrected chi connectivity index (χ0v) is 10.9. The lowest BCUT2D eigenvalue weighted by atomic mass is 10.4. The predicted molar refractivity (Wildman–Crippen MR) is 65.4 cm³/mol. The molecule has 0 aromatic heterocycles. The smallest absolute Gasteiger partial charge is 0.126 e. The van der Waals surface area contributed by atoms with Crippen molar-refractivity contribution in [2.45, 2.75) is 27.7 Å². The number of ketones is 1. The number of aliphatic hydroxyl groups excluding tert-OH is 3. The fourth-order valence-electron chi connectivity index (χ4n) is 0.760. The van der Waals surface area contributed by atoms with Gasteiger partial charge in [-0.05, 0) is 13.8 Å². The highest BCUT2D eigenvalue weighted by Gasteiger charge is 2.00. The number of nitrogens with zero attached hydrogens (tertiary/aromatic N) is 1. The van der Waals surface area contributed by atoms with E-state index in [4.69, 9.17) is 15.3 Å². The molecule has 0 radical (unpaired) electrons. The van der Waals surface area contributed by atoms with E-state index in [0.29, 0.717) is 19.6 Å². The Bertz CT molecular complexity index is 113. The van der Waals surface area contributed by atoms with Crippen molar-refractivity contribution in [1.82, 2.24) is 4.90 Å². The van der Waals surface area contributed by atoms with Crippen LogP contribution in [0.1, 0.15) is 27.7 Å². The van der Waals surface area contributed by atoms with E-state index in [1.54, 1.807) is 4.90 Å². The molecule has 0 fully saturated rings. The van der Waals surface area contributed by atoms with Gasteiger partial charge in [-0.25, -0.2) is 0 Å². The van der Waals surface area contributed by atoms with E-state index in [1.165, 1.54) is 13.8 Å². The fraction of sp³-hybridized carbons (Fsp3) is 0.909. The Hall–Kier alpha value is -0.490. The maximum atomic E-state index is 9.44. The number of carbonyl (C=O) groups excluding carboxylic acids is 1. The van der Waals surface area contributed by atoms with Gasteiger partial charge in [-0.15, -0.1) is 0 Å². The Kier molecular flexibility index (Phi) is 26.1. The largest absolute Gasteiger partial charge is 0.395 e. The summed E-state index contributed by atoms with van der Waals surface area (Å²) >= 11 is 0. The monoisotopic (exact) mass is 237 g/mol. The summed E-state index contributed by atoms with van der Waals surface area (Å²) in [4.78, 5) is 11.2. The Labute approximate surface area is 98.7 Å². The van der Waals surface area contributed by atoms with Crippen molar-refractivity contribution in [1.29, 1.82) is 0 Å². The van der Waals surface area contributed by atoms with Gasteiger partial charge >= 0.3 is 0 Å². The van der Waals surface area contributed by atoms with Crippen molar-refractivity contribution in [3.63, 3.8) is 0 Å². The van der Waals surface area contributed by atoms with Gasteiger partial charge in [0.1, 0.15) is 5.78 Å². The van der Waals surface area contributed by atoms with Crippen LogP contribution in [0.3, 0.4) is 0 Å². The first-order chi connectivity index (χ1) is 7.58. The van der Waals surface area contributed by atoms with Crippen LogP contribution in [0.4, 0.5) is 0 Å². The first kappa shape index (κ1) is 20.9. The molecule has 0 rings (SSSR count). The molecule has 0 aromatic rings. The summed E-state index contributed by atoms with van der Waals surface area (Å²) in [5, 5.41) is 25.5. The number of carbonyl (C=O) groups is 1. The molecule has 0 unspecified atom stereocenters. The molecule has 0 saturated carbocycles. The fourth-order valence-corrected chi connectivity index (χ4v) is 0.760. The van der Waals surface area contributed by atoms with Crippen LogP contribution in [0.5, 0.6) is 0 Å².